The van der Waals surface area contributed by atoms with Crippen molar-refractivity contribution in [3.8, 4) is 0 Å². The molecule has 0 amide bonds. The Hall–Kier alpha value is -0.820. The van der Waals surface area contributed by atoms with Gasteiger partial charge < -0.3 is 5.73 Å². The second-order valence-electron chi connectivity index (χ2n) is 4.34. The first-order valence-electron chi connectivity index (χ1n) is 6.75. The number of hydrogen-bond acceptors (Lipinski definition) is 1. The van der Waals surface area contributed by atoms with E-state index in [1.165, 1.54) is 23.1 Å². The van der Waals surface area contributed by atoms with Gasteiger partial charge in [0.25, 0.3) is 0 Å². The zero-order chi connectivity index (χ0) is 13.8. The Morgan fingerprint density at radius 1 is 1.06 bits per heavy atom. The highest BCUT2D eigenvalue weighted by Gasteiger charge is 1.89. The summed E-state index contributed by atoms with van der Waals surface area (Å²) in [6.07, 6.45) is 1.20. The van der Waals surface area contributed by atoms with E-state index in [1.807, 2.05) is 13.8 Å². The van der Waals surface area contributed by atoms with Crippen molar-refractivity contribution in [1.29, 1.82) is 0 Å². The van der Waals surface area contributed by atoms with Crippen LogP contribution in [0.2, 0.25) is 0 Å². The Morgan fingerprint density at radius 3 is 1.82 bits per heavy atom. The monoisotopic (exact) mass is 237 g/mol. The zero-order valence-corrected chi connectivity index (χ0v) is 12.8. The van der Waals surface area contributed by atoms with Crippen molar-refractivity contribution in [1.82, 2.24) is 0 Å². The van der Waals surface area contributed by atoms with E-state index in [0.29, 0.717) is 5.92 Å². The van der Waals surface area contributed by atoms with Gasteiger partial charge in [-0.05, 0) is 44.4 Å². The van der Waals surface area contributed by atoms with Gasteiger partial charge in [-0.2, -0.15) is 0 Å². The number of hydrogen-bond donors (Lipinski definition) is 1. The summed E-state index contributed by atoms with van der Waals surface area (Å²) in [5.74, 6) is 0.713. The van der Waals surface area contributed by atoms with Gasteiger partial charge in [-0.15, -0.1) is 0 Å². The summed E-state index contributed by atoms with van der Waals surface area (Å²) in [5, 5.41) is 0. The SMILES string of the molecule is CC.CCC(C)CN.Cc1ccc(C)c(C)c1. The van der Waals surface area contributed by atoms with Crippen molar-refractivity contribution in [2.45, 2.75) is 54.9 Å². The Balaban J connectivity index is 0. The maximum atomic E-state index is 5.28. The van der Waals surface area contributed by atoms with E-state index in [2.05, 4.69) is 52.8 Å². The molecule has 0 fully saturated rings. The van der Waals surface area contributed by atoms with Crippen LogP contribution in [-0.2, 0) is 0 Å². The van der Waals surface area contributed by atoms with Crippen LogP contribution in [0.15, 0.2) is 18.2 Å². The summed E-state index contributed by atoms with van der Waals surface area (Å²) in [6.45, 7) is 15.5. The number of benzene rings is 1. The first-order chi connectivity index (χ1) is 8.01. The molecule has 0 saturated heterocycles. The van der Waals surface area contributed by atoms with Crippen molar-refractivity contribution in [2.24, 2.45) is 11.7 Å². The summed E-state index contributed by atoms with van der Waals surface area (Å²) in [5.41, 5.74) is 9.39. The molecule has 1 atom stereocenters. The molecule has 0 saturated carbocycles. The van der Waals surface area contributed by atoms with E-state index in [0.717, 1.165) is 6.54 Å². The second-order valence-corrected chi connectivity index (χ2v) is 4.34. The van der Waals surface area contributed by atoms with Crippen LogP contribution in [0.5, 0.6) is 0 Å². The second kappa shape index (κ2) is 11.7. The number of rotatable bonds is 2. The molecule has 1 nitrogen and oxygen atoms in total. The third-order valence-corrected chi connectivity index (χ3v) is 2.76. The average Bonchev–Trinajstić information content (AvgIpc) is 2.36. The van der Waals surface area contributed by atoms with E-state index in [-0.39, 0.29) is 0 Å². The van der Waals surface area contributed by atoms with Crippen molar-refractivity contribution < 1.29 is 0 Å². The zero-order valence-electron chi connectivity index (χ0n) is 12.8. The van der Waals surface area contributed by atoms with E-state index >= 15 is 0 Å². The lowest BCUT2D eigenvalue weighted by molar-refractivity contribution is 0.576. The van der Waals surface area contributed by atoms with Crippen LogP contribution in [0.25, 0.3) is 0 Å². The average molecular weight is 237 g/mol. The van der Waals surface area contributed by atoms with E-state index in [1.54, 1.807) is 0 Å². The first-order valence-corrected chi connectivity index (χ1v) is 6.75. The Morgan fingerprint density at radius 2 is 1.59 bits per heavy atom. The molecule has 0 aliphatic rings. The molecule has 100 valence electrons. The first kappa shape index (κ1) is 18.5. The van der Waals surface area contributed by atoms with Gasteiger partial charge in [0, 0.05) is 0 Å². The van der Waals surface area contributed by atoms with Crippen molar-refractivity contribution in [3.63, 3.8) is 0 Å². The van der Waals surface area contributed by atoms with Crippen molar-refractivity contribution in [3.05, 3.63) is 34.9 Å². The molecule has 1 unspecified atom stereocenters. The Labute approximate surface area is 108 Å². The minimum Gasteiger partial charge on any atom is -0.330 e. The van der Waals surface area contributed by atoms with Crippen LogP contribution in [0, 0.1) is 26.7 Å². The summed E-state index contributed by atoms with van der Waals surface area (Å²) >= 11 is 0. The van der Waals surface area contributed by atoms with Crippen molar-refractivity contribution >= 4 is 0 Å². The van der Waals surface area contributed by atoms with Gasteiger partial charge in [0.2, 0.25) is 0 Å². The molecule has 0 aliphatic heterocycles. The van der Waals surface area contributed by atoms with Crippen LogP contribution < -0.4 is 5.73 Å². The highest BCUT2D eigenvalue weighted by molar-refractivity contribution is 5.28. The maximum absolute atomic E-state index is 5.28. The van der Waals surface area contributed by atoms with Crippen molar-refractivity contribution in [2.75, 3.05) is 6.54 Å². The number of nitrogens with two attached hydrogens (primary N) is 1. The van der Waals surface area contributed by atoms with Gasteiger partial charge >= 0.3 is 0 Å². The Kier molecular flexibility index (Phi) is 12.7. The minimum absolute atomic E-state index is 0.713. The Bertz CT molecular complexity index is 275. The predicted molar refractivity (Wildman–Crippen MR) is 80.5 cm³/mol. The highest BCUT2D eigenvalue weighted by Crippen LogP contribution is 2.07. The van der Waals surface area contributed by atoms with E-state index in [9.17, 15) is 0 Å². The lowest BCUT2D eigenvalue weighted by Gasteiger charge is -1.98. The molecule has 0 aromatic heterocycles. The molecule has 0 bridgehead atoms. The molecule has 0 spiro atoms. The number of aryl methyl sites for hydroxylation is 3. The molecule has 2 N–H and O–H groups in total. The lowest BCUT2D eigenvalue weighted by atomic mass is 10.1. The molecule has 0 heterocycles. The van der Waals surface area contributed by atoms with Crippen LogP contribution in [0.4, 0.5) is 0 Å². The minimum atomic E-state index is 0.713. The summed E-state index contributed by atoms with van der Waals surface area (Å²) < 4.78 is 0. The van der Waals surface area contributed by atoms with Gasteiger partial charge in [-0.1, -0.05) is 57.9 Å². The van der Waals surface area contributed by atoms with Crippen LogP contribution in [-0.4, -0.2) is 6.54 Å². The molecule has 1 heteroatoms. The topological polar surface area (TPSA) is 26.0 Å². The van der Waals surface area contributed by atoms with Gasteiger partial charge in [-0.25, -0.2) is 0 Å². The molecule has 1 rings (SSSR count). The fourth-order valence-corrected chi connectivity index (χ4v) is 1.06. The normalized spacial score (nSPS) is 10.6. The molecular formula is C16H31N. The van der Waals surface area contributed by atoms with Crippen LogP contribution in [0.3, 0.4) is 0 Å². The quantitative estimate of drug-likeness (QED) is 0.797. The molecule has 1 aromatic rings. The highest BCUT2D eigenvalue weighted by atomic mass is 14.5. The molecule has 17 heavy (non-hydrogen) atoms. The largest absolute Gasteiger partial charge is 0.330 e. The van der Waals surface area contributed by atoms with Gasteiger partial charge in [-0.3, -0.25) is 0 Å². The fraction of sp³-hybridized carbons (Fsp3) is 0.625. The predicted octanol–water partition coefficient (Wildman–Crippen LogP) is 4.63. The van der Waals surface area contributed by atoms with Crippen LogP contribution in [0.1, 0.15) is 50.8 Å². The van der Waals surface area contributed by atoms with Gasteiger partial charge in [0.15, 0.2) is 0 Å². The molecular weight excluding hydrogens is 206 g/mol. The van der Waals surface area contributed by atoms with Crippen LogP contribution >= 0.6 is 0 Å². The summed E-state index contributed by atoms with van der Waals surface area (Å²) in [6, 6.07) is 6.50. The third kappa shape index (κ3) is 10.1. The summed E-state index contributed by atoms with van der Waals surface area (Å²) in [7, 11) is 0. The van der Waals surface area contributed by atoms with E-state index in [4.69, 9.17) is 5.73 Å². The van der Waals surface area contributed by atoms with Gasteiger partial charge in [0.05, 0.1) is 0 Å². The smallest absolute Gasteiger partial charge is 0.00516 e. The summed E-state index contributed by atoms with van der Waals surface area (Å²) in [4.78, 5) is 0. The van der Waals surface area contributed by atoms with Gasteiger partial charge in [0.1, 0.15) is 0 Å². The molecule has 0 radical (unpaired) electrons. The standard InChI is InChI=1S/C9H12.C5H13N.C2H6/c1-7-4-5-8(2)9(3)6-7;1-3-5(2)4-6;1-2/h4-6H,1-3H3;5H,3-4,6H2,1-2H3;1-2H3. The maximum Gasteiger partial charge on any atom is -0.00516 e. The molecule has 0 aliphatic carbocycles. The molecule has 1 aromatic carbocycles. The lowest BCUT2D eigenvalue weighted by Crippen LogP contribution is -2.08. The fourth-order valence-electron chi connectivity index (χ4n) is 1.06. The van der Waals surface area contributed by atoms with E-state index < -0.39 is 0 Å². The third-order valence-electron chi connectivity index (χ3n) is 2.76.